The lowest BCUT2D eigenvalue weighted by Crippen LogP contribution is -2.24. The van der Waals surface area contributed by atoms with E-state index in [1.54, 1.807) is 20.3 Å². The molecule has 2 aromatic carbocycles. The summed E-state index contributed by atoms with van der Waals surface area (Å²) in [6.45, 7) is 10.8. The largest absolute Gasteiger partial charge is 0.496 e. The van der Waals surface area contributed by atoms with Crippen molar-refractivity contribution >= 4 is 41.3 Å². The van der Waals surface area contributed by atoms with Crippen molar-refractivity contribution in [2.24, 2.45) is 5.92 Å². The zero-order valence-corrected chi connectivity index (χ0v) is 28.2. The summed E-state index contributed by atoms with van der Waals surface area (Å²) in [5.41, 5.74) is 4.54. The molecular formula is C34H46AlClO6. The smallest absolute Gasteiger partial charge is 0.393 e. The maximum Gasteiger partial charge on any atom is 0.393 e. The van der Waals surface area contributed by atoms with E-state index in [-0.39, 0.29) is 17.8 Å². The molecule has 0 N–H and O–H groups in total. The number of esters is 2. The number of rotatable bonds is 7. The van der Waals surface area contributed by atoms with E-state index in [0.717, 1.165) is 47.1 Å². The molecule has 6 nitrogen and oxygen atoms in total. The summed E-state index contributed by atoms with van der Waals surface area (Å²) >= 11 is -0.667. The standard InChI is InChI=1S/C16H20O3.C12H14O.C4H6O2.2CH3.Al.ClH/c1-11-10-12(8-9-15(11)18-2)13-6-4-5-7-14(13)16(17)19-3;1-4-5-6-11-7-8-12(13-3)10(2)9-11;1-3-4(5)6-2;;;;/h4,6,8-10,13-14H,5,7H2,1-3H3;4-9H,1H2,2-3H3;3H,1H2,2H3;2*1H3;;1H/q;;;;;+1;/p-1/b;6-5+;;;;;/t13-,14-;;;;;;/m1....../s1. The van der Waals surface area contributed by atoms with Crippen molar-refractivity contribution in [3.05, 3.63) is 102 Å². The Morgan fingerprint density at radius 3 is 1.93 bits per heavy atom. The molecule has 2 aromatic rings. The minimum Gasteiger partial charge on any atom is -0.496 e. The fraction of sp³-hybridized carbons (Fsp3) is 0.353. The highest BCUT2D eigenvalue weighted by molar-refractivity contribution is 7.05. The number of hydrogen-bond acceptors (Lipinski definition) is 6. The summed E-state index contributed by atoms with van der Waals surface area (Å²) in [6, 6.07) is 12.2. The van der Waals surface area contributed by atoms with Crippen molar-refractivity contribution in [2.75, 3.05) is 28.4 Å². The van der Waals surface area contributed by atoms with E-state index < -0.39 is 19.2 Å². The predicted octanol–water partition coefficient (Wildman–Crippen LogP) is 8.25. The minimum absolute atomic E-state index is 0.0807. The molecule has 0 radical (unpaired) electrons. The zero-order chi connectivity index (χ0) is 32.1. The van der Waals surface area contributed by atoms with Gasteiger partial charge in [0.05, 0.1) is 34.4 Å². The molecule has 2 atom stereocenters. The van der Waals surface area contributed by atoms with E-state index in [1.807, 2.05) is 50.3 Å². The molecule has 0 aromatic heterocycles. The van der Waals surface area contributed by atoms with Gasteiger partial charge in [0.15, 0.2) is 0 Å². The fourth-order valence-electron chi connectivity index (χ4n) is 3.97. The lowest BCUT2D eigenvalue weighted by atomic mass is 9.79. The third-order valence-electron chi connectivity index (χ3n) is 5.94. The average molecular weight is 613 g/mol. The summed E-state index contributed by atoms with van der Waals surface area (Å²) in [7, 11) is 11.5. The number of benzene rings is 2. The van der Waals surface area contributed by atoms with Crippen LogP contribution in [0, 0.1) is 19.8 Å². The fourth-order valence-corrected chi connectivity index (χ4v) is 3.97. The summed E-state index contributed by atoms with van der Waals surface area (Å²) in [5.74, 6) is 5.45. The number of allylic oxidation sites excluding steroid dienone is 4. The second-order valence-corrected chi connectivity index (χ2v) is 14.1. The van der Waals surface area contributed by atoms with Crippen molar-refractivity contribution in [3.63, 3.8) is 0 Å². The molecular weight excluding hydrogens is 567 g/mol. The van der Waals surface area contributed by atoms with Gasteiger partial charge < -0.3 is 18.9 Å². The molecule has 0 amide bonds. The third kappa shape index (κ3) is 15.1. The maximum absolute atomic E-state index is 11.9. The van der Waals surface area contributed by atoms with Gasteiger partial charge in [0, 0.05) is 12.0 Å². The van der Waals surface area contributed by atoms with Gasteiger partial charge in [0.25, 0.3) is 0 Å². The number of aryl methyl sites for hydroxylation is 2. The highest BCUT2D eigenvalue weighted by Gasteiger charge is 2.30. The van der Waals surface area contributed by atoms with Crippen molar-refractivity contribution in [1.82, 2.24) is 0 Å². The van der Waals surface area contributed by atoms with Crippen LogP contribution in [0.15, 0.2) is 79.9 Å². The molecule has 0 heterocycles. The molecule has 0 aliphatic heterocycles. The molecule has 8 heteroatoms. The Kier molecular flexibility index (Phi) is 20.6. The van der Waals surface area contributed by atoms with Crippen LogP contribution in [0.2, 0.25) is 11.6 Å². The van der Waals surface area contributed by atoms with Gasteiger partial charge in [0.1, 0.15) is 11.5 Å². The topological polar surface area (TPSA) is 71.1 Å². The van der Waals surface area contributed by atoms with Gasteiger partial charge in [-0.2, -0.15) is 0 Å². The molecule has 0 fully saturated rings. The molecule has 1 aliphatic rings. The van der Waals surface area contributed by atoms with Gasteiger partial charge in [0.2, 0.25) is 0 Å². The molecule has 0 bridgehead atoms. The van der Waals surface area contributed by atoms with E-state index in [0.29, 0.717) is 0 Å². The number of ether oxygens (including phenoxy) is 4. The highest BCUT2D eigenvalue weighted by atomic mass is 35.6. The Morgan fingerprint density at radius 1 is 0.929 bits per heavy atom. The normalized spacial score (nSPS) is 14.8. The van der Waals surface area contributed by atoms with Gasteiger partial charge in [-0.25, -0.2) is 4.79 Å². The van der Waals surface area contributed by atoms with Crippen LogP contribution >= 0.6 is 10.0 Å². The van der Waals surface area contributed by atoms with Crippen LogP contribution in [0.4, 0.5) is 0 Å². The quantitative estimate of drug-likeness (QED) is 0.103. The van der Waals surface area contributed by atoms with Crippen molar-refractivity contribution in [3.8, 4) is 11.5 Å². The van der Waals surface area contributed by atoms with Crippen LogP contribution in [-0.2, 0) is 19.1 Å². The summed E-state index contributed by atoms with van der Waals surface area (Å²) in [4.78, 5) is 21.7. The van der Waals surface area contributed by atoms with Crippen LogP contribution in [0.5, 0.6) is 11.5 Å². The minimum atomic E-state index is -0.667. The van der Waals surface area contributed by atoms with E-state index in [2.05, 4.69) is 53.8 Å². The first kappa shape index (κ1) is 38.8. The Bertz CT molecular complexity index is 1190. The van der Waals surface area contributed by atoms with Crippen LogP contribution < -0.4 is 9.47 Å². The first-order valence-corrected chi connectivity index (χ1v) is 17.7. The van der Waals surface area contributed by atoms with E-state index in [1.165, 1.54) is 19.8 Å². The van der Waals surface area contributed by atoms with Gasteiger partial charge in [-0.05, 0) is 67.1 Å². The second-order valence-electron chi connectivity index (χ2n) is 9.45. The molecule has 0 spiro atoms. The summed E-state index contributed by atoms with van der Waals surface area (Å²) < 4.78 is 19.5. The number of carbonyl (C=O) groups excluding carboxylic acids is 2. The zero-order valence-electron chi connectivity index (χ0n) is 26.3. The monoisotopic (exact) mass is 612 g/mol. The van der Waals surface area contributed by atoms with Crippen LogP contribution in [0.3, 0.4) is 0 Å². The van der Waals surface area contributed by atoms with Crippen molar-refractivity contribution in [1.29, 1.82) is 0 Å². The second kappa shape index (κ2) is 22.4. The van der Waals surface area contributed by atoms with Gasteiger partial charge in [-0.1, -0.05) is 73.3 Å². The molecule has 0 saturated heterocycles. The molecule has 0 unspecified atom stereocenters. The first-order valence-electron chi connectivity index (χ1n) is 13.7. The first-order chi connectivity index (χ1) is 20.0. The molecule has 1 aliphatic carbocycles. The van der Waals surface area contributed by atoms with Crippen molar-refractivity contribution in [2.45, 2.75) is 44.2 Å². The summed E-state index contributed by atoms with van der Waals surface area (Å²) in [5, 5.41) is 0. The van der Waals surface area contributed by atoms with Gasteiger partial charge in [-0.15, -0.1) is 0 Å². The predicted molar refractivity (Wildman–Crippen MR) is 177 cm³/mol. The lowest BCUT2D eigenvalue weighted by molar-refractivity contribution is -0.146. The number of halogens is 1. The Labute approximate surface area is 261 Å². The SMILES string of the molecule is C=C/C=C/c1ccc(OC)c(C)c1.C=CC(=O)OC.COC(=O)[C@@H]1CCC=C[C@@H]1c1ccc(OC)c(C)c1.[CH3][Al]([CH3])[Cl]. The molecule has 3 rings (SSSR count). The lowest BCUT2D eigenvalue weighted by Gasteiger charge is -2.26. The van der Waals surface area contributed by atoms with Crippen LogP contribution in [0.25, 0.3) is 6.08 Å². The maximum atomic E-state index is 11.9. The molecule has 42 heavy (non-hydrogen) atoms. The van der Waals surface area contributed by atoms with Crippen molar-refractivity contribution < 1.29 is 28.5 Å². The third-order valence-corrected chi connectivity index (χ3v) is 5.94. The number of hydrogen-bond donors (Lipinski definition) is 0. The van der Waals surface area contributed by atoms with E-state index in [4.69, 9.17) is 24.3 Å². The summed E-state index contributed by atoms with van der Waals surface area (Å²) in [6.07, 6.45) is 12.8. The van der Waals surface area contributed by atoms with Gasteiger partial charge in [-0.3, -0.25) is 14.8 Å². The highest BCUT2D eigenvalue weighted by Crippen LogP contribution is 2.36. The Hall–Kier alpha value is -3.24. The van der Waals surface area contributed by atoms with E-state index >= 15 is 0 Å². The molecule has 228 valence electrons. The van der Waals surface area contributed by atoms with Crippen LogP contribution in [-0.4, -0.2) is 53.6 Å². The Morgan fingerprint density at radius 2 is 1.50 bits per heavy atom. The average Bonchev–Trinajstić information content (AvgIpc) is 2.99. The Balaban J connectivity index is 0.000000630. The molecule has 0 saturated carbocycles. The number of carbonyl (C=O) groups is 2. The number of methoxy groups -OCH3 is 4. The van der Waals surface area contributed by atoms with Gasteiger partial charge >= 0.3 is 25.2 Å². The van der Waals surface area contributed by atoms with Crippen LogP contribution in [0.1, 0.15) is 41.0 Å². The van der Waals surface area contributed by atoms with E-state index in [9.17, 15) is 9.59 Å².